The molecule has 0 aromatic heterocycles. The molecular weight excluding hydrogens is 621 g/mol. The average Bonchev–Trinajstić information content (AvgIpc) is 3.05. The highest BCUT2D eigenvalue weighted by Crippen LogP contribution is 2.25. The number of hydrogen-bond acceptors (Lipinski definition) is 5. The van der Waals surface area contributed by atoms with E-state index < -0.39 is 5.97 Å². The molecule has 2 amide bonds. The number of carboxylic acid groups (broad SMARTS) is 1. The first-order valence-electron chi connectivity index (χ1n) is 18.2. The fourth-order valence-electron chi connectivity index (χ4n) is 7.01. The molecule has 2 aromatic carbocycles. The second-order valence-electron chi connectivity index (χ2n) is 13.8. The fraction of sp³-hybridized carbons (Fsp3) is 0.615. The quantitative estimate of drug-likeness (QED) is 0.0922. The molecule has 1 aliphatic rings. The Morgan fingerprint density at radius 2 is 1.42 bits per heavy atom. The van der Waals surface area contributed by atoms with E-state index in [0.29, 0.717) is 17.4 Å². The maximum Gasteiger partial charge on any atom is 0.303 e. The molecule has 0 bridgehead atoms. The SMILES string of the molecule is CCCSCC[N+](CCCCCN1CCCC[C@@H]1C(=O)Nc1c(C)cccc1C)(CCCCC(=O)O)CC(=O)Nc1c(C)cccc1C. The first-order chi connectivity index (χ1) is 23.0. The minimum atomic E-state index is -0.766. The number of thioether (sulfide) groups is 1. The number of para-hydroxylation sites is 2. The third kappa shape index (κ3) is 12.9. The van der Waals surface area contributed by atoms with Crippen molar-refractivity contribution in [3.05, 3.63) is 58.7 Å². The first kappa shape index (κ1) is 39.6. The zero-order chi connectivity index (χ0) is 34.9. The maximum atomic E-state index is 13.7. The number of aliphatic carboxylic acids is 1. The summed E-state index contributed by atoms with van der Waals surface area (Å²) >= 11 is 1.94. The number of nitrogens with zero attached hydrogens (tertiary/aromatic N) is 2. The summed E-state index contributed by atoms with van der Waals surface area (Å²) in [6.07, 6.45) is 8.78. The van der Waals surface area contributed by atoms with Gasteiger partial charge in [0, 0.05) is 23.5 Å². The van der Waals surface area contributed by atoms with Crippen LogP contribution in [-0.4, -0.2) is 89.1 Å². The molecule has 48 heavy (non-hydrogen) atoms. The molecule has 0 spiro atoms. The molecule has 3 rings (SSSR count). The van der Waals surface area contributed by atoms with Crippen LogP contribution in [0.1, 0.15) is 93.4 Å². The van der Waals surface area contributed by atoms with Gasteiger partial charge < -0.3 is 20.2 Å². The molecule has 1 unspecified atom stereocenters. The molecule has 0 saturated carbocycles. The van der Waals surface area contributed by atoms with E-state index in [9.17, 15) is 19.5 Å². The number of nitrogens with one attached hydrogen (secondary N) is 2. The van der Waals surface area contributed by atoms with Crippen molar-refractivity contribution in [2.24, 2.45) is 0 Å². The number of carbonyl (C=O) groups is 3. The predicted molar refractivity (Wildman–Crippen MR) is 201 cm³/mol. The lowest BCUT2D eigenvalue weighted by atomic mass is 10.00. The highest BCUT2D eigenvalue weighted by molar-refractivity contribution is 7.99. The number of rotatable bonds is 21. The zero-order valence-electron chi connectivity index (χ0n) is 30.2. The first-order valence-corrected chi connectivity index (χ1v) is 19.3. The van der Waals surface area contributed by atoms with Crippen LogP contribution in [0.15, 0.2) is 36.4 Å². The third-order valence-corrected chi connectivity index (χ3v) is 10.9. The lowest BCUT2D eigenvalue weighted by molar-refractivity contribution is -0.918. The van der Waals surface area contributed by atoms with Gasteiger partial charge in [0.2, 0.25) is 5.91 Å². The van der Waals surface area contributed by atoms with Crippen molar-refractivity contribution in [1.82, 2.24) is 4.90 Å². The number of quaternary nitrogens is 1. The molecule has 1 fully saturated rings. The summed E-state index contributed by atoms with van der Waals surface area (Å²) in [6.45, 7) is 15.1. The molecule has 2 aromatic rings. The van der Waals surface area contributed by atoms with Crippen molar-refractivity contribution in [2.75, 3.05) is 61.4 Å². The molecule has 1 aliphatic heterocycles. The Bertz CT molecular complexity index is 1290. The standard InChI is InChI=1S/C39H60N4O4S/c1-6-27-48-28-26-43(25-13-9-21-36(45)46,29-35(44)40-37-30(2)16-14-17-31(37)3)24-12-7-10-22-42-23-11-8-20-34(42)39(47)41-38-32(4)18-15-19-33(38)5/h14-19,34H,6-13,20-29H2,1-5H3,(H2-,40,41,44,45,46,47)/p+1/t34-,43?/m1/s1. The van der Waals surface area contributed by atoms with Crippen LogP contribution >= 0.6 is 11.8 Å². The normalized spacial score (nSPS) is 16.3. The zero-order valence-corrected chi connectivity index (χ0v) is 31.1. The molecule has 3 N–H and O–H groups in total. The van der Waals surface area contributed by atoms with Crippen LogP contribution in [0.25, 0.3) is 0 Å². The number of unbranched alkanes of at least 4 members (excludes halogenated alkanes) is 3. The number of piperidine rings is 1. The van der Waals surface area contributed by atoms with Crippen molar-refractivity contribution >= 4 is 40.9 Å². The average molecular weight is 682 g/mol. The van der Waals surface area contributed by atoms with Crippen LogP contribution in [-0.2, 0) is 14.4 Å². The molecule has 8 nitrogen and oxygen atoms in total. The van der Waals surface area contributed by atoms with Gasteiger partial charge in [-0.25, -0.2) is 0 Å². The van der Waals surface area contributed by atoms with Gasteiger partial charge in [0.25, 0.3) is 5.91 Å². The van der Waals surface area contributed by atoms with Crippen molar-refractivity contribution in [3.63, 3.8) is 0 Å². The highest BCUT2D eigenvalue weighted by Gasteiger charge is 2.31. The summed E-state index contributed by atoms with van der Waals surface area (Å²) in [5, 5.41) is 15.7. The van der Waals surface area contributed by atoms with E-state index in [-0.39, 0.29) is 24.3 Å². The summed E-state index contributed by atoms with van der Waals surface area (Å²) in [6, 6.07) is 12.1. The molecular formula is C39H61N4O4S+. The Balaban J connectivity index is 1.65. The lowest BCUT2D eigenvalue weighted by Gasteiger charge is -2.39. The molecule has 266 valence electrons. The van der Waals surface area contributed by atoms with Crippen molar-refractivity contribution < 1.29 is 24.0 Å². The number of hydrogen-bond donors (Lipinski definition) is 3. The number of benzene rings is 2. The largest absolute Gasteiger partial charge is 0.481 e. The van der Waals surface area contributed by atoms with Crippen molar-refractivity contribution in [3.8, 4) is 0 Å². The molecule has 0 aliphatic carbocycles. The minimum absolute atomic E-state index is 0.0252. The smallest absolute Gasteiger partial charge is 0.303 e. The molecule has 2 atom stereocenters. The highest BCUT2D eigenvalue weighted by atomic mass is 32.2. The van der Waals surface area contributed by atoms with E-state index in [2.05, 4.69) is 22.5 Å². The number of amides is 2. The molecule has 9 heteroatoms. The van der Waals surface area contributed by atoms with Gasteiger partial charge in [0.1, 0.15) is 0 Å². The van der Waals surface area contributed by atoms with Crippen LogP contribution in [0.3, 0.4) is 0 Å². The van der Waals surface area contributed by atoms with Gasteiger partial charge in [0.15, 0.2) is 6.54 Å². The van der Waals surface area contributed by atoms with Crippen LogP contribution < -0.4 is 10.6 Å². The number of carbonyl (C=O) groups excluding carboxylic acids is 2. The minimum Gasteiger partial charge on any atom is -0.481 e. The van der Waals surface area contributed by atoms with Crippen LogP contribution in [0.5, 0.6) is 0 Å². The second-order valence-corrected chi connectivity index (χ2v) is 15.0. The summed E-state index contributed by atoms with van der Waals surface area (Å²) in [5.74, 6) is 1.44. The van der Waals surface area contributed by atoms with E-state index in [0.717, 1.165) is 129 Å². The summed E-state index contributed by atoms with van der Waals surface area (Å²) in [5.41, 5.74) is 6.12. The fourth-order valence-corrected chi connectivity index (χ4v) is 8.02. The number of likely N-dealkylation sites (tertiary alicyclic amines) is 1. The Morgan fingerprint density at radius 3 is 2.02 bits per heavy atom. The molecule has 1 saturated heterocycles. The lowest BCUT2D eigenvalue weighted by Crippen LogP contribution is -2.55. The van der Waals surface area contributed by atoms with Crippen molar-refractivity contribution in [2.45, 2.75) is 105 Å². The van der Waals surface area contributed by atoms with E-state index in [4.69, 9.17) is 0 Å². The second kappa shape index (κ2) is 20.6. The van der Waals surface area contributed by atoms with E-state index in [1.165, 1.54) is 0 Å². The van der Waals surface area contributed by atoms with Gasteiger partial charge in [0.05, 0.1) is 25.7 Å². The number of aryl methyl sites for hydroxylation is 4. The van der Waals surface area contributed by atoms with E-state index in [1.54, 1.807) is 0 Å². The summed E-state index contributed by atoms with van der Waals surface area (Å²) in [7, 11) is 0. The van der Waals surface area contributed by atoms with Crippen LogP contribution in [0.4, 0.5) is 11.4 Å². The summed E-state index contributed by atoms with van der Waals surface area (Å²) in [4.78, 5) is 40.8. The summed E-state index contributed by atoms with van der Waals surface area (Å²) < 4.78 is 0.678. The van der Waals surface area contributed by atoms with Gasteiger partial charge in [-0.05, 0) is 120 Å². The molecule has 0 radical (unpaired) electrons. The van der Waals surface area contributed by atoms with Gasteiger partial charge in [-0.15, -0.1) is 0 Å². The molecule has 1 heterocycles. The Morgan fingerprint density at radius 1 is 0.812 bits per heavy atom. The Labute approximate surface area is 294 Å². The Kier molecular flexibility index (Phi) is 17.0. The topological polar surface area (TPSA) is 98.7 Å². The van der Waals surface area contributed by atoms with Gasteiger partial charge in [-0.2, -0.15) is 11.8 Å². The van der Waals surface area contributed by atoms with Gasteiger partial charge in [-0.1, -0.05) is 49.7 Å². The van der Waals surface area contributed by atoms with Gasteiger partial charge in [-0.3, -0.25) is 19.3 Å². The number of anilines is 2. The monoisotopic (exact) mass is 681 g/mol. The van der Waals surface area contributed by atoms with E-state index >= 15 is 0 Å². The van der Waals surface area contributed by atoms with Crippen LogP contribution in [0.2, 0.25) is 0 Å². The third-order valence-electron chi connectivity index (χ3n) is 9.78. The van der Waals surface area contributed by atoms with E-state index in [1.807, 2.05) is 75.9 Å². The Hall–Kier alpha value is -2.88. The van der Waals surface area contributed by atoms with Crippen LogP contribution in [0, 0.1) is 27.7 Å². The maximum absolute atomic E-state index is 13.7. The van der Waals surface area contributed by atoms with Gasteiger partial charge >= 0.3 is 5.97 Å². The van der Waals surface area contributed by atoms with Crippen molar-refractivity contribution in [1.29, 1.82) is 0 Å². The number of carboxylic acids is 1. The predicted octanol–water partition coefficient (Wildman–Crippen LogP) is 7.74.